The third kappa shape index (κ3) is 3.32. The van der Waals surface area contributed by atoms with Gasteiger partial charge in [-0.25, -0.2) is 4.98 Å². The monoisotopic (exact) mass is 311 g/mol. The molecule has 0 aliphatic carbocycles. The predicted molar refractivity (Wildman–Crippen MR) is 80.5 cm³/mol. The van der Waals surface area contributed by atoms with Crippen LogP contribution in [0.5, 0.6) is 0 Å². The summed E-state index contributed by atoms with van der Waals surface area (Å²) in [6.07, 6.45) is -3.36. The average molecular weight is 311 g/mol. The minimum absolute atomic E-state index is 0.102. The molecule has 0 radical (unpaired) electrons. The Morgan fingerprint density at radius 3 is 2.14 bits per heavy atom. The van der Waals surface area contributed by atoms with Crippen LogP contribution in [0.3, 0.4) is 0 Å². The molecule has 0 saturated heterocycles. The van der Waals surface area contributed by atoms with Crippen LogP contribution >= 0.6 is 0 Å². The highest BCUT2D eigenvalue weighted by Crippen LogP contribution is 2.32. The van der Waals surface area contributed by atoms with E-state index in [1.54, 1.807) is 4.57 Å². The topological polar surface area (TPSA) is 29.9 Å². The van der Waals surface area contributed by atoms with Crippen molar-refractivity contribution in [3.05, 3.63) is 41.7 Å². The van der Waals surface area contributed by atoms with E-state index in [2.05, 4.69) is 10.3 Å². The number of hydrogen-bond acceptors (Lipinski definition) is 2. The van der Waals surface area contributed by atoms with E-state index in [-0.39, 0.29) is 12.1 Å². The highest BCUT2D eigenvalue weighted by molar-refractivity contribution is 5.57. The molecule has 2 rings (SSSR count). The fraction of sp³-hybridized carbons (Fsp3) is 0.438. The van der Waals surface area contributed by atoms with Gasteiger partial charge in [0, 0.05) is 23.8 Å². The zero-order valence-electron chi connectivity index (χ0n) is 13.1. The standard InChI is InChI=1S/C16H20F3N3/c1-10(2)22-9-14(16(17,18)19)21-15(22)13-7-5-12(6-8-13)11(3)20-4/h5-11,20H,1-4H3/t11-/m1/s1. The van der Waals surface area contributed by atoms with Gasteiger partial charge in [0.25, 0.3) is 0 Å². The number of rotatable bonds is 4. The van der Waals surface area contributed by atoms with E-state index in [1.807, 2.05) is 52.1 Å². The first-order chi connectivity index (χ1) is 10.2. The average Bonchev–Trinajstić information content (AvgIpc) is 2.92. The summed E-state index contributed by atoms with van der Waals surface area (Å²) < 4.78 is 40.2. The van der Waals surface area contributed by atoms with Crippen molar-refractivity contribution in [2.24, 2.45) is 0 Å². The van der Waals surface area contributed by atoms with Crippen LogP contribution in [0.4, 0.5) is 13.2 Å². The maximum Gasteiger partial charge on any atom is 0.434 e. The molecule has 1 heterocycles. The Kier molecular flexibility index (Phi) is 4.60. The van der Waals surface area contributed by atoms with E-state index in [0.29, 0.717) is 11.4 Å². The maximum absolute atomic E-state index is 12.9. The summed E-state index contributed by atoms with van der Waals surface area (Å²) in [4.78, 5) is 3.79. The Morgan fingerprint density at radius 2 is 1.68 bits per heavy atom. The molecule has 120 valence electrons. The number of halogens is 3. The molecule has 3 nitrogen and oxygen atoms in total. The zero-order valence-corrected chi connectivity index (χ0v) is 13.1. The van der Waals surface area contributed by atoms with Gasteiger partial charge in [0.2, 0.25) is 0 Å². The number of benzene rings is 1. The van der Waals surface area contributed by atoms with Gasteiger partial charge in [0.15, 0.2) is 5.69 Å². The Morgan fingerprint density at radius 1 is 1.09 bits per heavy atom. The number of imidazole rings is 1. The fourth-order valence-electron chi connectivity index (χ4n) is 2.22. The van der Waals surface area contributed by atoms with Gasteiger partial charge < -0.3 is 9.88 Å². The van der Waals surface area contributed by atoms with E-state index < -0.39 is 11.9 Å². The Labute approximate surface area is 128 Å². The van der Waals surface area contributed by atoms with E-state index in [1.165, 1.54) is 0 Å². The summed E-state index contributed by atoms with van der Waals surface area (Å²) in [5.41, 5.74) is 0.894. The van der Waals surface area contributed by atoms with E-state index in [4.69, 9.17) is 0 Å². The minimum atomic E-state index is -4.44. The molecule has 6 heteroatoms. The third-order valence-electron chi connectivity index (χ3n) is 3.68. The van der Waals surface area contributed by atoms with Gasteiger partial charge >= 0.3 is 6.18 Å². The fourth-order valence-corrected chi connectivity index (χ4v) is 2.22. The Hall–Kier alpha value is -1.82. The van der Waals surface area contributed by atoms with Crippen molar-refractivity contribution in [1.82, 2.24) is 14.9 Å². The number of hydrogen-bond donors (Lipinski definition) is 1. The van der Waals surface area contributed by atoms with Crippen molar-refractivity contribution in [1.29, 1.82) is 0 Å². The lowest BCUT2D eigenvalue weighted by atomic mass is 10.1. The van der Waals surface area contributed by atoms with Crippen molar-refractivity contribution in [2.45, 2.75) is 39.0 Å². The quantitative estimate of drug-likeness (QED) is 0.905. The summed E-state index contributed by atoms with van der Waals surface area (Å²) in [5.74, 6) is 0.339. The largest absolute Gasteiger partial charge is 0.434 e. The van der Waals surface area contributed by atoms with Crippen LogP contribution in [0.15, 0.2) is 30.5 Å². The number of aromatic nitrogens is 2. The molecular formula is C16H20F3N3. The second-order valence-electron chi connectivity index (χ2n) is 5.58. The number of nitrogens with zero attached hydrogens (tertiary/aromatic N) is 2. The second kappa shape index (κ2) is 6.12. The first-order valence-electron chi connectivity index (χ1n) is 7.17. The number of nitrogens with one attached hydrogen (secondary N) is 1. The van der Waals surface area contributed by atoms with Crippen molar-refractivity contribution >= 4 is 0 Å². The first kappa shape index (κ1) is 16.5. The molecule has 0 spiro atoms. The molecule has 0 bridgehead atoms. The summed E-state index contributed by atoms with van der Waals surface area (Å²) in [6.45, 7) is 5.69. The molecule has 1 atom stereocenters. The highest BCUT2D eigenvalue weighted by atomic mass is 19.4. The van der Waals surface area contributed by atoms with Gasteiger partial charge in [0.1, 0.15) is 5.82 Å². The molecule has 0 amide bonds. The summed E-state index contributed by atoms with van der Waals surface area (Å²) in [5, 5.41) is 3.12. The molecular weight excluding hydrogens is 291 g/mol. The molecule has 22 heavy (non-hydrogen) atoms. The summed E-state index contributed by atoms with van der Waals surface area (Å²) in [7, 11) is 1.86. The smallest absolute Gasteiger partial charge is 0.328 e. The zero-order chi connectivity index (χ0) is 16.5. The molecule has 0 aliphatic rings. The third-order valence-corrected chi connectivity index (χ3v) is 3.68. The number of alkyl halides is 3. The van der Waals surface area contributed by atoms with Crippen molar-refractivity contribution in [3.8, 4) is 11.4 Å². The van der Waals surface area contributed by atoms with Gasteiger partial charge in [-0.15, -0.1) is 0 Å². The second-order valence-corrected chi connectivity index (χ2v) is 5.58. The lowest BCUT2D eigenvalue weighted by Crippen LogP contribution is -2.12. The van der Waals surface area contributed by atoms with Crippen LogP contribution < -0.4 is 5.32 Å². The van der Waals surface area contributed by atoms with Crippen molar-refractivity contribution in [3.63, 3.8) is 0 Å². The van der Waals surface area contributed by atoms with Crippen LogP contribution in [-0.4, -0.2) is 16.6 Å². The lowest BCUT2D eigenvalue weighted by molar-refractivity contribution is -0.140. The van der Waals surface area contributed by atoms with Gasteiger partial charge in [-0.2, -0.15) is 13.2 Å². The van der Waals surface area contributed by atoms with Gasteiger partial charge in [-0.1, -0.05) is 24.3 Å². The Bertz CT molecular complexity index is 627. The summed E-state index contributed by atoms with van der Waals surface area (Å²) in [6, 6.07) is 7.51. The van der Waals surface area contributed by atoms with Crippen LogP contribution in [0.1, 0.15) is 44.1 Å². The van der Waals surface area contributed by atoms with Crippen LogP contribution in [0.2, 0.25) is 0 Å². The SMILES string of the molecule is CN[C@H](C)c1ccc(-c2nc(C(F)(F)F)cn2C(C)C)cc1. The van der Waals surface area contributed by atoms with Crippen LogP contribution in [-0.2, 0) is 6.18 Å². The molecule has 0 unspecified atom stereocenters. The van der Waals surface area contributed by atoms with Crippen molar-refractivity contribution < 1.29 is 13.2 Å². The molecule has 0 fully saturated rings. The van der Waals surface area contributed by atoms with Gasteiger partial charge in [0.05, 0.1) is 0 Å². The maximum atomic E-state index is 12.9. The van der Waals surface area contributed by atoms with Gasteiger partial charge in [-0.05, 0) is 33.4 Å². The van der Waals surface area contributed by atoms with Crippen LogP contribution in [0.25, 0.3) is 11.4 Å². The summed E-state index contributed by atoms with van der Waals surface area (Å²) >= 11 is 0. The molecule has 2 aromatic rings. The van der Waals surface area contributed by atoms with Gasteiger partial charge in [-0.3, -0.25) is 0 Å². The minimum Gasteiger partial charge on any atom is -0.328 e. The van der Waals surface area contributed by atoms with E-state index in [9.17, 15) is 13.2 Å². The molecule has 1 N–H and O–H groups in total. The lowest BCUT2D eigenvalue weighted by Gasteiger charge is -2.13. The van der Waals surface area contributed by atoms with Crippen LogP contribution in [0, 0.1) is 0 Å². The van der Waals surface area contributed by atoms with E-state index >= 15 is 0 Å². The molecule has 1 aromatic heterocycles. The highest BCUT2D eigenvalue weighted by Gasteiger charge is 2.35. The molecule has 0 aliphatic heterocycles. The van der Waals surface area contributed by atoms with E-state index in [0.717, 1.165) is 11.8 Å². The predicted octanol–water partition coefficient (Wildman–Crippen LogP) is 4.43. The molecule has 0 saturated carbocycles. The normalized spacial score (nSPS) is 13.6. The van der Waals surface area contributed by atoms with Crippen molar-refractivity contribution in [2.75, 3.05) is 7.05 Å². The molecule has 1 aromatic carbocycles. The Balaban J connectivity index is 2.45. The first-order valence-corrected chi connectivity index (χ1v) is 7.17.